The maximum atomic E-state index is 8.87. The summed E-state index contributed by atoms with van der Waals surface area (Å²) in [5, 5.41) is 11.1. The fraction of sp³-hybridized carbons (Fsp3) is 0.214. The first-order valence-corrected chi connectivity index (χ1v) is 5.22. The van der Waals surface area contributed by atoms with Crippen LogP contribution in [0.2, 0.25) is 0 Å². The molecule has 1 atom stereocenters. The van der Waals surface area contributed by atoms with Gasteiger partial charge in [-0.25, -0.2) is 0 Å². The molecule has 0 amide bonds. The van der Waals surface area contributed by atoms with Crippen molar-refractivity contribution in [3.05, 3.63) is 42.0 Å². The summed E-state index contributed by atoms with van der Waals surface area (Å²) < 4.78 is 5.17. The van der Waals surface area contributed by atoms with Gasteiger partial charge in [-0.2, -0.15) is 5.26 Å². The summed E-state index contributed by atoms with van der Waals surface area (Å²) in [5.41, 5.74) is 1.06. The molecule has 0 aliphatic rings. The number of hydrogen-bond donors (Lipinski definition) is 0. The van der Waals surface area contributed by atoms with Crippen LogP contribution >= 0.6 is 0 Å². The Morgan fingerprint density at radius 2 is 1.81 bits per heavy atom. The van der Waals surface area contributed by atoms with Crippen LogP contribution in [0.25, 0.3) is 10.8 Å². The number of fused-ring (bicyclic) bond motifs is 1. The van der Waals surface area contributed by atoms with Gasteiger partial charge >= 0.3 is 0 Å². The lowest BCUT2D eigenvalue weighted by atomic mass is 9.99. The van der Waals surface area contributed by atoms with Gasteiger partial charge in [0.05, 0.1) is 19.1 Å². The van der Waals surface area contributed by atoms with Crippen molar-refractivity contribution in [1.82, 2.24) is 0 Å². The van der Waals surface area contributed by atoms with Crippen LogP contribution in [0.3, 0.4) is 0 Å². The van der Waals surface area contributed by atoms with Crippen LogP contribution in [0.4, 0.5) is 0 Å². The van der Waals surface area contributed by atoms with Gasteiger partial charge in [0.25, 0.3) is 0 Å². The van der Waals surface area contributed by atoms with E-state index >= 15 is 0 Å². The first-order valence-electron chi connectivity index (χ1n) is 5.22. The predicted octanol–water partition coefficient (Wildman–Crippen LogP) is 3.48. The van der Waals surface area contributed by atoms with Crippen molar-refractivity contribution in [1.29, 1.82) is 5.26 Å². The molecular formula is C14H13NO. The molecule has 80 valence electrons. The first kappa shape index (κ1) is 10.5. The fourth-order valence-electron chi connectivity index (χ4n) is 1.71. The Bertz CT molecular complexity index is 554. The van der Waals surface area contributed by atoms with Crippen molar-refractivity contribution >= 4 is 10.8 Å². The quantitative estimate of drug-likeness (QED) is 0.761. The van der Waals surface area contributed by atoms with Crippen LogP contribution < -0.4 is 4.74 Å². The molecule has 0 unspecified atom stereocenters. The summed E-state index contributed by atoms with van der Waals surface area (Å²) >= 11 is 0. The predicted molar refractivity (Wildman–Crippen MR) is 64.5 cm³/mol. The Kier molecular flexibility index (Phi) is 2.78. The third-order valence-corrected chi connectivity index (χ3v) is 2.77. The summed E-state index contributed by atoms with van der Waals surface area (Å²) in [6, 6.07) is 14.3. The van der Waals surface area contributed by atoms with Crippen molar-refractivity contribution in [2.24, 2.45) is 0 Å². The minimum Gasteiger partial charge on any atom is -0.497 e. The van der Waals surface area contributed by atoms with E-state index in [1.807, 2.05) is 37.3 Å². The zero-order valence-electron chi connectivity index (χ0n) is 9.40. The number of hydrogen-bond acceptors (Lipinski definition) is 2. The van der Waals surface area contributed by atoms with Crippen LogP contribution in [-0.4, -0.2) is 7.11 Å². The van der Waals surface area contributed by atoms with E-state index in [-0.39, 0.29) is 5.92 Å². The van der Waals surface area contributed by atoms with Gasteiger partial charge in [-0.05, 0) is 41.5 Å². The highest BCUT2D eigenvalue weighted by molar-refractivity contribution is 5.84. The van der Waals surface area contributed by atoms with Gasteiger partial charge in [0.2, 0.25) is 0 Å². The highest BCUT2D eigenvalue weighted by Crippen LogP contribution is 2.24. The maximum Gasteiger partial charge on any atom is 0.119 e. The zero-order valence-corrected chi connectivity index (χ0v) is 9.40. The summed E-state index contributed by atoms with van der Waals surface area (Å²) in [6.07, 6.45) is 0. The third kappa shape index (κ3) is 1.85. The second-order valence-corrected chi connectivity index (χ2v) is 3.82. The molecular weight excluding hydrogens is 198 g/mol. The van der Waals surface area contributed by atoms with Crippen molar-refractivity contribution < 1.29 is 4.74 Å². The van der Waals surface area contributed by atoms with E-state index in [2.05, 4.69) is 12.1 Å². The largest absolute Gasteiger partial charge is 0.497 e. The van der Waals surface area contributed by atoms with Crippen LogP contribution in [-0.2, 0) is 0 Å². The van der Waals surface area contributed by atoms with Gasteiger partial charge in [0, 0.05) is 0 Å². The molecule has 0 fully saturated rings. The van der Waals surface area contributed by atoms with E-state index in [1.54, 1.807) is 7.11 Å². The number of rotatable bonds is 2. The molecule has 0 N–H and O–H groups in total. The number of benzene rings is 2. The first-order chi connectivity index (χ1) is 7.74. The maximum absolute atomic E-state index is 8.87. The molecule has 0 saturated heterocycles. The molecule has 16 heavy (non-hydrogen) atoms. The van der Waals surface area contributed by atoms with E-state index in [1.165, 1.54) is 0 Å². The molecule has 0 aliphatic heterocycles. The number of nitrogens with zero attached hydrogens (tertiary/aromatic N) is 1. The van der Waals surface area contributed by atoms with E-state index in [4.69, 9.17) is 10.00 Å². The Balaban J connectivity index is 2.52. The molecule has 2 aromatic carbocycles. The molecule has 0 spiro atoms. The van der Waals surface area contributed by atoms with Crippen LogP contribution in [0, 0.1) is 11.3 Å². The highest BCUT2D eigenvalue weighted by atomic mass is 16.5. The molecule has 0 saturated carbocycles. The van der Waals surface area contributed by atoms with Crippen molar-refractivity contribution in [3.8, 4) is 11.8 Å². The van der Waals surface area contributed by atoms with Gasteiger partial charge in [-0.3, -0.25) is 0 Å². The summed E-state index contributed by atoms with van der Waals surface area (Å²) in [7, 11) is 1.66. The molecule has 2 aromatic rings. The minimum atomic E-state index is -0.0634. The second-order valence-electron chi connectivity index (χ2n) is 3.82. The van der Waals surface area contributed by atoms with Gasteiger partial charge in [0.15, 0.2) is 0 Å². The van der Waals surface area contributed by atoms with Gasteiger partial charge in [-0.1, -0.05) is 18.2 Å². The van der Waals surface area contributed by atoms with Crippen molar-refractivity contribution in [2.75, 3.05) is 7.11 Å². The Labute approximate surface area is 95.1 Å². The Morgan fingerprint density at radius 1 is 1.12 bits per heavy atom. The average Bonchev–Trinajstić information content (AvgIpc) is 2.36. The summed E-state index contributed by atoms with van der Waals surface area (Å²) in [5.74, 6) is 0.792. The smallest absolute Gasteiger partial charge is 0.119 e. The molecule has 2 heteroatoms. The average molecular weight is 211 g/mol. The highest BCUT2D eigenvalue weighted by Gasteiger charge is 2.04. The second kappa shape index (κ2) is 4.24. The lowest BCUT2D eigenvalue weighted by Gasteiger charge is -2.06. The molecule has 0 aliphatic carbocycles. The van der Waals surface area contributed by atoms with Crippen LogP contribution in [0.1, 0.15) is 18.4 Å². The molecule has 0 heterocycles. The molecule has 0 radical (unpaired) electrons. The van der Waals surface area contributed by atoms with E-state index in [0.29, 0.717) is 0 Å². The van der Waals surface area contributed by atoms with Gasteiger partial charge < -0.3 is 4.74 Å². The molecule has 0 aromatic heterocycles. The number of nitriles is 1. The number of ether oxygens (including phenoxy) is 1. The molecule has 2 rings (SSSR count). The van der Waals surface area contributed by atoms with Crippen LogP contribution in [0.15, 0.2) is 36.4 Å². The Hall–Kier alpha value is -2.01. The Morgan fingerprint density at radius 3 is 2.50 bits per heavy atom. The monoisotopic (exact) mass is 211 g/mol. The summed E-state index contributed by atoms with van der Waals surface area (Å²) in [4.78, 5) is 0. The molecule has 2 nitrogen and oxygen atoms in total. The molecule has 0 bridgehead atoms. The van der Waals surface area contributed by atoms with Crippen LogP contribution in [0.5, 0.6) is 5.75 Å². The third-order valence-electron chi connectivity index (χ3n) is 2.77. The van der Waals surface area contributed by atoms with Gasteiger partial charge in [-0.15, -0.1) is 0 Å². The van der Waals surface area contributed by atoms with Crippen molar-refractivity contribution in [3.63, 3.8) is 0 Å². The minimum absolute atomic E-state index is 0.0634. The normalized spacial score (nSPS) is 12.1. The van der Waals surface area contributed by atoms with E-state index < -0.39 is 0 Å². The standard InChI is InChI=1S/C14H13NO/c1-10(9-15)11-3-4-13-8-14(16-2)6-5-12(13)7-11/h3-8,10H,1-2H3/t10-/m0/s1. The van der Waals surface area contributed by atoms with E-state index in [0.717, 1.165) is 22.1 Å². The zero-order chi connectivity index (χ0) is 11.5. The van der Waals surface area contributed by atoms with Gasteiger partial charge in [0.1, 0.15) is 5.75 Å². The van der Waals surface area contributed by atoms with E-state index in [9.17, 15) is 0 Å². The SMILES string of the molecule is COc1ccc2cc([C@@H](C)C#N)ccc2c1. The fourth-order valence-corrected chi connectivity index (χ4v) is 1.71. The lowest BCUT2D eigenvalue weighted by Crippen LogP contribution is -1.89. The summed E-state index contributed by atoms with van der Waals surface area (Å²) in [6.45, 7) is 1.91. The lowest BCUT2D eigenvalue weighted by molar-refractivity contribution is 0.415. The van der Waals surface area contributed by atoms with Crippen molar-refractivity contribution in [2.45, 2.75) is 12.8 Å². The topological polar surface area (TPSA) is 33.0 Å². The number of methoxy groups -OCH3 is 1.